The summed E-state index contributed by atoms with van der Waals surface area (Å²) >= 11 is 5.60. The molecule has 0 fully saturated rings. The molecule has 0 saturated heterocycles. The van der Waals surface area contributed by atoms with Crippen LogP contribution in [0.2, 0.25) is 5.02 Å². The first-order chi connectivity index (χ1) is 9.35. The number of carbonyl (C=O) groups is 2. The van der Waals surface area contributed by atoms with Crippen LogP contribution in [0.1, 0.15) is 24.9 Å². The number of hydrogen-bond donors (Lipinski definition) is 2. The van der Waals surface area contributed by atoms with E-state index in [0.29, 0.717) is 5.56 Å². The zero-order valence-electron chi connectivity index (χ0n) is 11.6. The number of carbonyl (C=O) groups excluding carboxylic acids is 2. The van der Waals surface area contributed by atoms with E-state index in [9.17, 15) is 14.0 Å². The zero-order valence-corrected chi connectivity index (χ0v) is 13.1. The van der Waals surface area contributed by atoms with Gasteiger partial charge in [-0.25, -0.2) is 4.39 Å². The number of benzene rings is 1. The van der Waals surface area contributed by atoms with Crippen LogP contribution in [0.15, 0.2) is 18.2 Å². The molecule has 0 spiro atoms. The van der Waals surface area contributed by atoms with E-state index in [1.807, 2.05) is 0 Å². The van der Waals surface area contributed by atoms with Crippen molar-refractivity contribution in [3.05, 3.63) is 34.6 Å². The van der Waals surface area contributed by atoms with Gasteiger partial charge in [0.1, 0.15) is 5.82 Å². The summed E-state index contributed by atoms with van der Waals surface area (Å²) in [5.41, 5.74) is 5.86. The molecule has 0 bridgehead atoms. The Morgan fingerprint density at radius 3 is 2.57 bits per heavy atom. The third-order valence-electron chi connectivity index (χ3n) is 2.67. The van der Waals surface area contributed by atoms with Crippen molar-refractivity contribution in [1.29, 1.82) is 0 Å². The van der Waals surface area contributed by atoms with Gasteiger partial charge in [0.15, 0.2) is 0 Å². The fraction of sp³-hybridized carbons (Fsp3) is 0.385. The van der Waals surface area contributed by atoms with Crippen molar-refractivity contribution in [2.75, 3.05) is 7.11 Å². The molecule has 0 saturated carbocycles. The SMILES string of the molecule is COC(=O)CC(NC(=O)C(C)N)c1ccc(Cl)c(F)c1.Cl. The van der Waals surface area contributed by atoms with Crippen molar-refractivity contribution in [3.8, 4) is 0 Å². The second-order valence-electron chi connectivity index (χ2n) is 4.30. The van der Waals surface area contributed by atoms with Gasteiger partial charge in [-0.15, -0.1) is 12.4 Å². The lowest BCUT2D eigenvalue weighted by molar-refractivity contribution is -0.141. The van der Waals surface area contributed by atoms with Crippen LogP contribution in [-0.4, -0.2) is 25.0 Å². The maximum Gasteiger partial charge on any atom is 0.307 e. The van der Waals surface area contributed by atoms with E-state index < -0.39 is 29.8 Å². The Morgan fingerprint density at radius 1 is 1.48 bits per heavy atom. The van der Waals surface area contributed by atoms with Gasteiger partial charge in [0.05, 0.1) is 30.6 Å². The Bertz CT molecular complexity index is 512. The van der Waals surface area contributed by atoms with Crippen LogP contribution < -0.4 is 11.1 Å². The van der Waals surface area contributed by atoms with E-state index in [-0.39, 0.29) is 23.9 Å². The third-order valence-corrected chi connectivity index (χ3v) is 2.98. The molecule has 5 nitrogen and oxygen atoms in total. The molecule has 0 aromatic heterocycles. The maximum atomic E-state index is 13.5. The second kappa shape index (κ2) is 8.81. The van der Waals surface area contributed by atoms with Gasteiger partial charge in [0.25, 0.3) is 0 Å². The monoisotopic (exact) mass is 338 g/mol. The average Bonchev–Trinajstić information content (AvgIpc) is 2.40. The van der Waals surface area contributed by atoms with Crippen molar-refractivity contribution in [3.63, 3.8) is 0 Å². The number of nitrogens with two attached hydrogens (primary N) is 1. The van der Waals surface area contributed by atoms with Gasteiger partial charge in [0, 0.05) is 0 Å². The van der Waals surface area contributed by atoms with Crippen molar-refractivity contribution in [2.45, 2.75) is 25.4 Å². The van der Waals surface area contributed by atoms with Crippen LogP contribution in [-0.2, 0) is 14.3 Å². The normalized spacial score (nSPS) is 12.8. The van der Waals surface area contributed by atoms with Gasteiger partial charge in [0.2, 0.25) is 5.91 Å². The molecular weight excluding hydrogens is 322 g/mol. The van der Waals surface area contributed by atoms with Crippen molar-refractivity contribution < 1.29 is 18.7 Å². The van der Waals surface area contributed by atoms with Crippen molar-refractivity contribution in [1.82, 2.24) is 5.32 Å². The highest BCUT2D eigenvalue weighted by Gasteiger charge is 2.21. The molecule has 118 valence electrons. The summed E-state index contributed by atoms with van der Waals surface area (Å²) in [4.78, 5) is 23.0. The van der Waals surface area contributed by atoms with E-state index in [0.717, 1.165) is 6.07 Å². The van der Waals surface area contributed by atoms with Crippen molar-refractivity contribution >= 4 is 35.9 Å². The number of nitrogens with one attached hydrogen (secondary N) is 1. The smallest absolute Gasteiger partial charge is 0.307 e. The summed E-state index contributed by atoms with van der Waals surface area (Å²) in [6.07, 6.45) is -0.129. The topological polar surface area (TPSA) is 81.4 Å². The van der Waals surface area contributed by atoms with Gasteiger partial charge >= 0.3 is 5.97 Å². The minimum atomic E-state index is -0.743. The zero-order chi connectivity index (χ0) is 15.3. The first-order valence-electron chi connectivity index (χ1n) is 5.93. The van der Waals surface area contributed by atoms with Crippen LogP contribution in [0.4, 0.5) is 4.39 Å². The van der Waals surface area contributed by atoms with E-state index in [1.54, 1.807) is 0 Å². The van der Waals surface area contributed by atoms with Gasteiger partial charge in [-0.3, -0.25) is 9.59 Å². The molecule has 0 aliphatic carbocycles. The fourth-order valence-corrected chi connectivity index (χ4v) is 1.65. The summed E-state index contributed by atoms with van der Waals surface area (Å²) in [5, 5.41) is 2.53. The van der Waals surface area contributed by atoms with Crippen molar-refractivity contribution in [2.24, 2.45) is 5.73 Å². The first-order valence-corrected chi connectivity index (χ1v) is 6.30. The Morgan fingerprint density at radius 2 is 2.10 bits per heavy atom. The molecule has 0 heterocycles. The quantitative estimate of drug-likeness (QED) is 0.804. The highest BCUT2D eigenvalue weighted by Crippen LogP contribution is 2.22. The van der Waals surface area contributed by atoms with Gasteiger partial charge in [-0.05, 0) is 24.6 Å². The predicted molar refractivity (Wildman–Crippen MR) is 79.8 cm³/mol. The Hall–Kier alpha value is -1.37. The van der Waals surface area contributed by atoms with E-state index in [4.69, 9.17) is 17.3 Å². The number of esters is 1. The lowest BCUT2D eigenvalue weighted by Gasteiger charge is -2.19. The van der Waals surface area contributed by atoms with Crippen LogP contribution in [0, 0.1) is 5.82 Å². The van der Waals surface area contributed by atoms with E-state index >= 15 is 0 Å². The Balaban J connectivity index is 0.00000400. The third kappa shape index (κ3) is 5.87. The molecule has 0 aliphatic rings. The Kier molecular flexibility index (Phi) is 8.24. The number of hydrogen-bond acceptors (Lipinski definition) is 4. The Labute approximate surface area is 133 Å². The molecule has 2 unspecified atom stereocenters. The minimum Gasteiger partial charge on any atom is -0.469 e. The van der Waals surface area contributed by atoms with E-state index in [2.05, 4.69) is 10.1 Å². The molecular formula is C13H17Cl2FN2O3. The summed E-state index contributed by atoms with van der Waals surface area (Å²) in [6.45, 7) is 1.51. The minimum absolute atomic E-state index is 0. The van der Waals surface area contributed by atoms with E-state index in [1.165, 1.54) is 26.2 Å². The maximum absolute atomic E-state index is 13.5. The van der Waals surface area contributed by atoms with Crippen LogP contribution in [0.3, 0.4) is 0 Å². The predicted octanol–water partition coefficient (Wildman–Crippen LogP) is 1.97. The highest BCUT2D eigenvalue weighted by atomic mass is 35.5. The van der Waals surface area contributed by atoms with Crippen LogP contribution in [0.25, 0.3) is 0 Å². The lowest BCUT2D eigenvalue weighted by atomic mass is 10.0. The lowest BCUT2D eigenvalue weighted by Crippen LogP contribution is -2.41. The molecule has 1 amide bonds. The molecule has 2 atom stereocenters. The number of methoxy groups -OCH3 is 1. The summed E-state index contributed by atoms with van der Waals surface area (Å²) in [6, 6.07) is 2.58. The standard InChI is InChI=1S/C13H16ClFN2O3.ClH/c1-7(16)13(19)17-11(6-12(18)20-2)8-3-4-9(14)10(15)5-8;/h3-5,7,11H,6,16H2,1-2H3,(H,17,19);1H. The average molecular weight is 339 g/mol. The molecule has 1 aromatic rings. The largest absolute Gasteiger partial charge is 0.469 e. The number of amides is 1. The summed E-state index contributed by atoms with van der Waals surface area (Å²) in [7, 11) is 1.23. The van der Waals surface area contributed by atoms with Gasteiger partial charge in [-0.1, -0.05) is 17.7 Å². The molecule has 0 aliphatic heterocycles. The molecule has 0 radical (unpaired) electrons. The number of rotatable bonds is 5. The van der Waals surface area contributed by atoms with Crippen LogP contribution >= 0.6 is 24.0 Å². The molecule has 1 rings (SSSR count). The molecule has 21 heavy (non-hydrogen) atoms. The summed E-state index contributed by atoms with van der Waals surface area (Å²) in [5.74, 6) is -1.61. The molecule has 8 heteroatoms. The van der Waals surface area contributed by atoms with Gasteiger partial charge in [-0.2, -0.15) is 0 Å². The van der Waals surface area contributed by atoms with Gasteiger partial charge < -0.3 is 15.8 Å². The van der Waals surface area contributed by atoms with Crippen LogP contribution in [0.5, 0.6) is 0 Å². The second-order valence-corrected chi connectivity index (χ2v) is 4.71. The molecule has 3 N–H and O–H groups in total. The fourth-order valence-electron chi connectivity index (χ4n) is 1.53. The highest BCUT2D eigenvalue weighted by molar-refractivity contribution is 6.30. The number of halogens is 3. The first kappa shape index (κ1) is 19.6. The molecule has 1 aromatic carbocycles. The number of ether oxygens (including phenoxy) is 1. The summed E-state index contributed by atoms with van der Waals surface area (Å²) < 4.78 is 18.0.